The maximum Gasteiger partial charge on any atom is 0.329 e. The predicted octanol–water partition coefficient (Wildman–Crippen LogP) is 1.84. The van der Waals surface area contributed by atoms with Gasteiger partial charge in [-0.3, -0.25) is 19.7 Å². The minimum Gasteiger partial charge on any atom is -0.502 e. The van der Waals surface area contributed by atoms with Crippen molar-refractivity contribution in [3.8, 4) is 11.5 Å². The summed E-state index contributed by atoms with van der Waals surface area (Å²) in [5.74, 6) is -1.28. The smallest absolute Gasteiger partial charge is 0.329 e. The van der Waals surface area contributed by atoms with Crippen LogP contribution in [0.3, 0.4) is 0 Å². The molecule has 11 nitrogen and oxygen atoms in total. The van der Waals surface area contributed by atoms with Gasteiger partial charge in [0.15, 0.2) is 5.75 Å². The number of phenols is 1. The van der Waals surface area contributed by atoms with Crippen molar-refractivity contribution in [2.45, 2.75) is 0 Å². The fraction of sp³-hybridized carbons (Fsp3) is 0.105. The summed E-state index contributed by atoms with van der Waals surface area (Å²) in [6.07, 6.45) is 1.22. The molecule has 1 saturated heterocycles. The van der Waals surface area contributed by atoms with Crippen molar-refractivity contribution in [3.63, 3.8) is 0 Å². The monoisotopic (exact) mass is 412 g/mol. The lowest BCUT2D eigenvalue weighted by Gasteiger charge is -2.12. The van der Waals surface area contributed by atoms with Gasteiger partial charge in [-0.25, -0.2) is 9.69 Å². The molecular formula is C19H16N4O7. The van der Waals surface area contributed by atoms with E-state index in [4.69, 9.17) is 4.74 Å². The van der Waals surface area contributed by atoms with Crippen LogP contribution < -0.4 is 15.4 Å². The fourth-order valence-electron chi connectivity index (χ4n) is 2.68. The van der Waals surface area contributed by atoms with E-state index < -0.39 is 40.8 Å². The number of nitrogens with zero attached hydrogens (tertiary/aromatic N) is 2. The van der Waals surface area contributed by atoms with Crippen molar-refractivity contribution in [2.24, 2.45) is 0 Å². The molecule has 1 aliphatic heterocycles. The summed E-state index contributed by atoms with van der Waals surface area (Å²) in [5, 5.41) is 25.3. The second-order valence-electron chi connectivity index (χ2n) is 6.16. The average Bonchev–Trinajstić information content (AvgIpc) is 2.97. The predicted molar refractivity (Wildman–Crippen MR) is 105 cm³/mol. The third-order valence-electron chi connectivity index (χ3n) is 4.14. The van der Waals surface area contributed by atoms with Gasteiger partial charge < -0.3 is 20.5 Å². The normalized spacial score (nSPS) is 14.6. The van der Waals surface area contributed by atoms with Crippen LogP contribution in [0.15, 0.2) is 48.2 Å². The number of nitrogens with one attached hydrogen (secondary N) is 2. The highest BCUT2D eigenvalue weighted by Gasteiger charge is 2.35. The van der Waals surface area contributed by atoms with E-state index in [2.05, 4.69) is 10.6 Å². The van der Waals surface area contributed by atoms with Gasteiger partial charge in [-0.05, 0) is 42.0 Å². The van der Waals surface area contributed by atoms with Gasteiger partial charge in [0.2, 0.25) is 5.91 Å². The summed E-state index contributed by atoms with van der Waals surface area (Å²) < 4.78 is 5.02. The van der Waals surface area contributed by atoms with Crippen LogP contribution in [0, 0.1) is 10.1 Å². The Kier molecular flexibility index (Phi) is 5.63. The summed E-state index contributed by atoms with van der Waals surface area (Å²) in [6.45, 7) is -0.524. The Bertz CT molecular complexity index is 1060. The van der Waals surface area contributed by atoms with E-state index in [9.17, 15) is 29.6 Å². The Morgan fingerprint density at radius 2 is 1.97 bits per heavy atom. The SMILES string of the molecule is COc1ccc(NC(=O)CN2C(=O)N/C(=C\c3ccc(O)c([N+](=O)[O-])c3)C2=O)cc1. The van der Waals surface area contributed by atoms with E-state index in [1.165, 1.54) is 19.3 Å². The highest BCUT2D eigenvalue weighted by molar-refractivity contribution is 6.16. The fourth-order valence-corrected chi connectivity index (χ4v) is 2.68. The molecule has 2 aromatic rings. The molecule has 30 heavy (non-hydrogen) atoms. The Balaban J connectivity index is 1.71. The Hall–Kier alpha value is -4.41. The van der Waals surface area contributed by atoms with Crippen LogP contribution in [0.2, 0.25) is 0 Å². The number of imide groups is 1. The third kappa shape index (κ3) is 4.35. The Morgan fingerprint density at radius 3 is 2.60 bits per heavy atom. The van der Waals surface area contributed by atoms with Crippen molar-refractivity contribution < 1.29 is 29.2 Å². The number of nitro groups is 1. The standard InChI is InChI=1S/C19H16N4O7/c1-30-13-5-3-12(4-6-13)20-17(25)10-22-18(26)14(21-19(22)27)8-11-2-7-16(24)15(9-11)23(28)29/h2-9,24H,10H2,1H3,(H,20,25)(H,21,27)/b14-8-. The number of hydrogen-bond donors (Lipinski definition) is 3. The summed E-state index contributed by atoms with van der Waals surface area (Å²) in [6, 6.07) is 9.18. The zero-order valence-electron chi connectivity index (χ0n) is 15.6. The molecule has 0 spiro atoms. The van der Waals surface area contributed by atoms with E-state index in [0.29, 0.717) is 16.3 Å². The molecule has 11 heteroatoms. The van der Waals surface area contributed by atoms with Crippen LogP contribution in [0.1, 0.15) is 5.56 Å². The number of nitro benzene ring substituents is 1. The van der Waals surface area contributed by atoms with Gasteiger partial charge in [0.25, 0.3) is 5.91 Å². The molecule has 1 fully saturated rings. The quantitative estimate of drug-likeness (QED) is 0.283. The van der Waals surface area contributed by atoms with E-state index in [1.54, 1.807) is 24.3 Å². The first-order valence-corrected chi connectivity index (χ1v) is 8.54. The van der Waals surface area contributed by atoms with E-state index in [-0.39, 0.29) is 11.3 Å². The van der Waals surface area contributed by atoms with Gasteiger partial charge in [0.1, 0.15) is 18.0 Å². The number of methoxy groups -OCH3 is 1. The third-order valence-corrected chi connectivity index (χ3v) is 4.14. The lowest BCUT2D eigenvalue weighted by Crippen LogP contribution is -2.38. The van der Waals surface area contributed by atoms with Crippen molar-refractivity contribution in [1.29, 1.82) is 0 Å². The Morgan fingerprint density at radius 1 is 1.27 bits per heavy atom. The molecule has 0 radical (unpaired) electrons. The number of hydrogen-bond acceptors (Lipinski definition) is 7. The average molecular weight is 412 g/mol. The molecule has 0 atom stereocenters. The second-order valence-corrected chi connectivity index (χ2v) is 6.16. The maximum absolute atomic E-state index is 12.5. The van der Waals surface area contributed by atoms with E-state index in [1.807, 2.05) is 0 Å². The first-order chi connectivity index (χ1) is 14.3. The van der Waals surface area contributed by atoms with Crippen molar-refractivity contribution in [2.75, 3.05) is 19.0 Å². The van der Waals surface area contributed by atoms with E-state index >= 15 is 0 Å². The van der Waals surface area contributed by atoms with Crippen LogP contribution >= 0.6 is 0 Å². The maximum atomic E-state index is 12.5. The summed E-state index contributed by atoms with van der Waals surface area (Å²) in [5.41, 5.74) is -0.0261. The molecule has 2 aromatic carbocycles. The highest BCUT2D eigenvalue weighted by atomic mass is 16.6. The molecule has 1 aliphatic rings. The van der Waals surface area contributed by atoms with Crippen molar-refractivity contribution in [1.82, 2.24) is 10.2 Å². The minimum absolute atomic E-state index is 0.155. The molecule has 1 heterocycles. The molecule has 0 unspecified atom stereocenters. The zero-order valence-corrected chi connectivity index (χ0v) is 15.6. The lowest BCUT2D eigenvalue weighted by molar-refractivity contribution is -0.385. The molecule has 3 N–H and O–H groups in total. The molecular weight excluding hydrogens is 396 g/mol. The van der Waals surface area contributed by atoms with Gasteiger partial charge in [0, 0.05) is 11.8 Å². The van der Waals surface area contributed by atoms with Gasteiger partial charge in [0.05, 0.1) is 12.0 Å². The number of phenolic OH excluding ortho intramolecular Hbond substituents is 1. The molecule has 0 aliphatic carbocycles. The largest absolute Gasteiger partial charge is 0.502 e. The summed E-state index contributed by atoms with van der Waals surface area (Å²) in [7, 11) is 1.51. The van der Waals surface area contributed by atoms with E-state index in [0.717, 1.165) is 12.1 Å². The number of urea groups is 1. The minimum atomic E-state index is -0.801. The zero-order chi connectivity index (χ0) is 21.8. The van der Waals surface area contributed by atoms with Crippen molar-refractivity contribution in [3.05, 3.63) is 63.8 Å². The number of carbonyl (C=O) groups excluding carboxylic acids is 3. The van der Waals surface area contributed by atoms with Gasteiger partial charge >= 0.3 is 11.7 Å². The molecule has 4 amide bonds. The first kappa shape index (κ1) is 20.3. The van der Waals surface area contributed by atoms with Crippen LogP contribution in [-0.2, 0) is 9.59 Å². The number of anilines is 1. The van der Waals surface area contributed by atoms with Gasteiger partial charge in [-0.15, -0.1) is 0 Å². The topological polar surface area (TPSA) is 151 Å². The molecule has 154 valence electrons. The summed E-state index contributed by atoms with van der Waals surface area (Å²) >= 11 is 0. The number of aromatic hydroxyl groups is 1. The number of rotatable bonds is 6. The number of amides is 4. The van der Waals surface area contributed by atoms with Gasteiger partial charge in [-0.2, -0.15) is 0 Å². The number of benzene rings is 2. The molecule has 3 rings (SSSR count). The van der Waals surface area contributed by atoms with Crippen LogP contribution in [0.25, 0.3) is 6.08 Å². The highest BCUT2D eigenvalue weighted by Crippen LogP contribution is 2.27. The number of carbonyl (C=O) groups is 3. The number of ether oxygens (including phenoxy) is 1. The second kappa shape index (κ2) is 8.31. The van der Waals surface area contributed by atoms with Crippen LogP contribution in [-0.4, -0.2) is 46.4 Å². The van der Waals surface area contributed by atoms with Crippen molar-refractivity contribution >= 4 is 35.3 Å². The lowest BCUT2D eigenvalue weighted by atomic mass is 10.1. The first-order valence-electron chi connectivity index (χ1n) is 8.54. The molecule has 0 bridgehead atoms. The Labute approximate surface area is 169 Å². The van der Waals surface area contributed by atoms with Crippen LogP contribution in [0.5, 0.6) is 11.5 Å². The molecule has 0 aromatic heterocycles. The molecule has 0 saturated carbocycles. The van der Waals surface area contributed by atoms with Gasteiger partial charge in [-0.1, -0.05) is 6.07 Å². The summed E-state index contributed by atoms with van der Waals surface area (Å²) in [4.78, 5) is 47.6. The van der Waals surface area contributed by atoms with Crippen LogP contribution in [0.4, 0.5) is 16.2 Å².